The van der Waals surface area contributed by atoms with E-state index in [1.54, 1.807) is 48.2 Å². The number of rotatable bonds is 8. The molecule has 3 amide bonds. The second-order valence-electron chi connectivity index (χ2n) is 9.68. The van der Waals surface area contributed by atoms with Crippen LogP contribution in [0, 0.1) is 18.8 Å². The number of carbonyl (C=O) groups is 3. The number of β-amino-alcohol motifs (C(OH)–C–C–N with tert-alkyl or cyclic N) is 1. The number of likely N-dealkylation sites (tertiary alicyclic amines) is 1. The standard InChI is InChI=1S/C27H30ClN3O5S/c1-3-36-17-9-7-16(8-10-17)29-24(33)20-19-11-12-27(37-19)21(20)26(35)31(13-14-32)23(27)25(34)30-22-15(2)5-4-6-18(22)28/h4-10,19-21,23,32H,3,11-14H2,1-2H3,(H,29,33)(H,30,34)/t19-,20+,21+,23?,27?/m1/s1. The molecule has 37 heavy (non-hydrogen) atoms. The highest BCUT2D eigenvalue weighted by molar-refractivity contribution is 8.02. The van der Waals surface area contributed by atoms with Gasteiger partial charge in [0.2, 0.25) is 17.7 Å². The van der Waals surface area contributed by atoms with Crippen molar-refractivity contribution in [3.05, 3.63) is 53.1 Å². The zero-order chi connectivity index (χ0) is 26.3. The van der Waals surface area contributed by atoms with E-state index in [1.807, 2.05) is 19.9 Å². The average Bonchev–Trinajstić information content (AvgIpc) is 3.51. The zero-order valence-electron chi connectivity index (χ0n) is 20.7. The molecule has 3 fully saturated rings. The molecule has 3 saturated heterocycles. The fourth-order valence-electron chi connectivity index (χ4n) is 6.11. The van der Waals surface area contributed by atoms with E-state index in [0.717, 1.165) is 12.0 Å². The van der Waals surface area contributed by atoms with Gasteiger partial charge in [-0.05, 0) is 62.6 Å². The third-order valence-corrected chi connectivity index (χ3v) is 9.86. The van der Waals surface area contributed by atoms with E-state index in [0.29, 0.717) is 35.2 Å². The quantitative estimate of drug-likeness (QED) is 0.468. The number of anilines is 2. The van der Waals surface area contributed by atoms with Gasteiger partial charge in [-0.2, -0.15) is 0 Å². The number of thioether (sulfide) groups is 1. The van der Waals surface area contributed by atoms with Crippen molar-refractivity contribution in [2.24, 2.45) is 11.8 Å². The van der Waals surface area contributed by atoms with Crippen molar-refractivity contribution >= 4 is 52.5 Å². The smallest absolute Gasteiger partial charge is 0.248 e. The summed E-state index contributed by atoms with van der Waals surface area (Å²) < 4.78 is 4.73. The SMILES string of the molecule is CCOc1ccc(NC(=O)[C@@H]2[C@H]3C(=O)N(CCO)C(C(=O)Nc4c(C)cccc4Cl)C34CC[C@H]2S4)cc1. The van der Waals surface area contributed by atoms with E-state index < -0.39 is 22.6 Å². The van der Waals surface area contributed by atoms with Crippen molar-refractivity contribution in [1.29, 1.82) is 0 Å². The Labute approximate surface area is 225 Å². The molecule has 3 heterocycles. The van der Waals surface area contributed by atoms with E-state index in [9.17, 15) is 19.5 Å². The highest BCUT2D eigenvalue weighted by Crippen LogP contribution is 2.66. The first-order valence-electron chi connectivity index (χ1n) is 12.5. The molecule has 0 aromatic heterocycles. The van der Waals surface area contributed by atoms with Gasteiger partial charge in [-0.3, -0.25) is 14.4 Å². The Morgan fingerprint density at radius 2 is 1.95 bits per heavy atom. The Morgan fingerprint density at radius 1 is 1.19 bits per heavy atom. The minimum Gasteiger partial charge on any atom is -0.494 e. The average molecular weight is 544 g/mol. The molecule has 3 aliphatic rings. The van der Waals surface area contributed by atoms with Crippen LogP contribution in [0.25, 0.3) is 0 Å². The van der Waals surface area contributed by atoms with Crippen LogP contribution in [0.2, 0.25) is 5.02 Å². The number of hydrogen-bond donors (Lipinski definition) is 3. The van der Waals surface area contributed by atoms with Gasteiger partial charge in [0.1, 0.15) is 11.8 Å². The van der Waals surface area contributed by atoms with Gasteiger partial charge < -0.3 is 25.4 Å². The summed E-state index contributed by atoms with van der Waals surface area (Å²) >= 11 is 7.94. The van der Waals surface area contributed by atoms with E-state index in [2.05, 4.69) is 10.6 Å². The highest BCUT2D eigenvalue weighted by atomic mass is 35.5. The Balaban J connectivity index is 1.42. The third-order valence-electron chi connectivity index (χ3n) is 7.60. The molecular weight excluding hydrogens is 514 g/mol. The lowest BCUT2D eigenvalue weighted by molar-refractivity contribution is -0.138. The minimum absolute atomic E-state index is 0.0229. The molecule has 2 aromatic rings. The van der Waals surface area contributed by atoms with Crippen LogP contribution < -0.4 is 15.4 Å². The van der Waals surface area contributed by atoms with Gasteiger partial charge in [-0.15, -0.1) is 11.8 Å². The van der Waals surface area contributed by atoms with Gasteiger partial charge in [0.25, 0.3) is 0 Å². The summed E-state index contributed by atoms with van der Waals surface area (Å²) in [7, 11) is 0. The van der Waals surface area contributed by atoms with Crippen LogP contribution >= 0.6 is 23.4 Å². The molecule has 0 aliphatic carbocycles. The number of carbonyl (C=O) groups excluding carboxylic acids is 3. The van der Waals surface area contributed by atoms with E-state index in [-0.39, 0.29) is 36.1 Å². The summed E-state index contributed by atoms with van der Waals surface area (Å²) in [5, 5.41) is 16.0. The molecule has 3 aliphatic heterocycles. The van der Waals surface area contributed by atoms with Crippen LogP contribution in [-0.4, -0.2) is 63.5 Å². The maximum atomic E-state index is 13.8. The normalized spacial score (nSPS) is 27.8. The number of fused-ring (bicyclic) bond motifs is 1. The minimum atomic E-state index is -0.814. The monoisotopic (exact) mass is 543 g/mol. The molecule has 5 rings (SSSR count). The fourth-order valence-corrected chi connectivity index (χ4v) is 8.60. The van der Waals surface area contributed by atoms with Gasteiger partial charge >= 0.3 is 0 Å². The Bertz CT molecular complexity index is 1200. The number of benzene rings is 2. The maximum absolute atomic E-state index is 13.8. The van der Waals surface area contributed by atoms with Crippen molar-refractivity contribution in [2.75, 3.05) is 30.4 Å². The topological polar surface area (TPSA) is 108 Å². The van der Waals surface area contributed by atoms with Gasteiger partial charge in [-0.1, -0.05) is 23.7 Å². The Kier molecular flexibility index (Phi) is 7.13. The molecule has 2 bridgehead atoms. The van der Waals surface area contributed by atoms with Crippen LogP contribution in [0.15, 0.2) is 42.5 Å². The summed E-state index contributed by atoms with van der Waals surface area (Å²) in [4.78, 5) is 42.5. The highest BCUT2D eigenvalue weighted by Gasteiger charge is 2.73. The summed E-state index contributed by atoms with van der Waals surface area (Å²) in [6.07, 6.45) is 1.38. The molecule has 1 spiro atoms. The number of amides is 3. The van der Waals surface area contributed by atoms with Crippen LogP contribution in [0.1, 0.15) is 25.3 Å². The lowest BCUT2D eigenvalue weighted by atomic mass is 9.70. The molecule has 2 aromatic carbocycles. The number of aryl methyl sites for hydroxylation is 1. The number of hydrogen-bond acceptors (Lipinski definition) is 6. The molecule has 8 nitrogen and oxygen atoms in total. The number of ether oxygens (including phenoxy) is 1. The molecular formula is C27H30ClN3O5S. The van der Waals surface area contributed by atoms with Crippen LogP contribution in [0.4, 0.5) is 11.4 Å². The van der Waals surface area contributed by atoms with E-state index >= 15 is 0 Å². The van der Waals surface area contributed by atoms with Crippen molar-refractivity contribution < 1.29 is 24.2 Å². The third kappa shape index (κ3) is 4.36. The van der Waals surface area contributed by atoms with Gasteiger partial charge in [-0.25, -0.2) is 0 Å². The largest absolute Gasteiger partial charge is 0.494 e. The lowest BCUT2D eigenvalue weighted by Crippen LogP contribution is -2.52. The van der Waals surface area contributed by atoms with Crippen LogP contribution in [0.3, 0.4) is 0 Å². The Morgan fingerprint density at radius 3 is 2.62 bits per heavy atom. The number of para-hydroxylation sites is 1. The Hall–Kier alpha value is -2.75. The summed E-state index contributed by atoms with van der Waals surface area (Å²) in [6.45, 7) is 4.05. The fraction of sp³-hybridized carbons (Fsp3) is 0.444. The molecule has 3 N–H and O–H groups in total. The first-order chi connectivity index (χ1) is 17.8. The molecule has 0 radical (unpaired) electrons. The molecule has 196 valence electrons. The van der Waals surface area contributed by atoms with Crippen molar-refractivity contribution in [3.63, 3.8) is 0 Å². The van der Waals surface area contributed by atoms with Crippen molar-refractivity contribution in [3.8, 4) is 5.75 Å². The lowest BCUT2D eigenvalue weighted by Gasteiger charge is -2.34. The number of aliphatic hydroxyl groups excluding tert-OH is 1. The van der Waals surface area contributed by atoms with E-state index in [1.165, 1.54) is 4.90 Å². The molecule has 0 saturated carbocycles. The molecule has 10 heteroatoms. The van der Waals surface area contributed by atoms with Crippen molar-refractivity contribution in [1.82, 2.24) is 4.90 Å². The van der Waals surface area contributed by atoms with Crippen LogP contribution in [0.5, 0.6) is 5.75 Å². The van der Waals surface area contributed by atoms with Crippen molar-refractivity contribution in [2.45, 2.75) is 42.7 Å². The van der Waals surface area contributed by atoms with Crippen LogP contribution in [-0.2, 0) is 14.4 Å². The van der Waals surface area contributed by atoms with Gasteiger partial charge in [0.05, 0.1) is 40.5 Å². The molecule has 2 unspecified atom stereocenters. The summed E-state index contributed by atoms with van der Waals surface area (Å²) in [5.74, 6) is -1.34. The number of halogens is 1. The first kappa shape index (κ1) is 25.9. The predicted octanol–water partition coefficient (Wildman–Crippen LogP) is 3.71. The maximum Gasteiger partial charge on any atom is 0.248 e. The second-order valence-corrected chi connectivity index (χ2v) is 11.7. The number of aliphatic hydroxyl groups is 1. The number of nitrogens with one attached hydrogen (secondary N) is 2. The summed E-state index contributed by atoms with van der Waals surface area (Å²) in [6, 6.07) is 11.7. The summed E-state index contributed by atoms with van der Waals surface area (Å²) in [5.41, 5.74) is 1.94. The number of nitrogens with zero attached hydrogens (tertiary/aromatic N) is 1. The van der Waals surface area contributed by atoms with E-state index in [4.69, 9.17) is 16.3 Å². The predicted molar refractivity (Wildman–Crippen MR) is 144 cm³/mol. The molecule has 5 atom stereocenters. The zero-order valence-corrected chi connectivity index (χ0v) is 22.3. The first-order valence-corrected chi connectivity index (χ1v) is 13.8. The van der Waals surface area contributed by atoms with Gasteiger partial charge in [0, 0.05) is 17.5 Å². The van der Waals surface area contributed by atoms with Gasteiger partial charge in [0.15, 0.2) is 0 Å². The second kappa shape index (κ2) is 10.2.